The van der Waals surface area contributed by atoms with Crippen molar-refractivity contribution in [3.05, 3.63) is 52.5 Å². The maximum Gasteiger partial charge on any atom is 0.168 e. The number of benzene rings is 2. The molecule has 0 aliphatic heterocycles. The topological polar surface area (TPSA) is 50.1 Å². The van der Waals surface area contributed by atoms with Gasteiger partial charge in [0.15, 0.2) is 11.6 Å². The van der Waals surface area contributed by atoms with E-state index in [1.165, 1.54) is 24.3 Å². The van der Waals surface area contributed by atoms with E-state index in [1.807, 2.05) is 6.07 Å². The van der Waals surface area contributed by atoms with Gasteiger partial charge in [-0.15, -0.1) is 0 Å². The van der Waals surface area contributed by atoms with Crippen molar-refractivity contribution in [3.63, 3.8) is 0 Å². The molecule has 0 aliphatic rings. The van der Waals surface area contributed by atoms with Crippen molar-refractivity contribution in [1.29, 1.82) is 5.26 Å². The number of hydrogen-bond donors (Lipinski definition) is 0. The zero-order valence-electron chi connectivity index (χ0n) is 10.5. The molecule has 0 heterocycles. The van der Waals surface area contributed by atoms with Crippen LogP contribution in [0.5, 0.6) is 11.5 Å². The summed E-state index contributed by atoms with van der Waals surface area (Å²) in [4.78, 5) is 0.454. The van der Waals surface area contributed by atoms with Crippen LogP contribution in [0.1, 0.15) is 0 Å². The van der Waals surface area contributed by atoms with Crippen molar-refractivity contribution < 1.29 is 17.7 Å². The molecular weight excluding hydrogens is 364 g/mol. The second kappa shape index (κ2) is 6.78. The van der Waals surface area contributed by atoms with Gasteiger partial charge in [-0.3, -0.25) is 4.21 Å². The molecular formula is C14H8BrF2NO2S. The molecule has 7 heteroatoms. The number of nitrogens with zero attached hydrogens (tertiary/aromatic N) is 1. The molecule has 1 unspecified atom stereocenters. The Morgan fingerprint density at radius 3 is 2.52 bits per heavy atom. The summed E-state index contributed by atoms with van der Waals surface area (Å²) in [5.74, 6) is -1.46. The fourth-order valence-corrected chi connectivity index (χ4v) is 2.89. The fourth-order valence-electron chi connectivity index (χ4n) is 1.52. The number of hydrogen-bond acceptors (Lipinski definition) is 3. The Labute approximate surface area is 130 Å². The number of halogens is 3. The third-order valence-corrected chi connectivity index (χ3v) is 4.27. The quantitative estimate of drug-likeness (QED) is 0.810. The van der Waals surface area contributed by atoms with Gasteiger partial charge in [-0.25, -0.2) is 8.78 Å². The first-order valence-corrected chi connectivity index (χ1v) is 7.80. The van der Waals surface area contributed by atoms with Gasteiger partial charge in [0, 0.05) is 11.0 Å². The summed E-state index contributed by atoms with van der Waals surface area (Å²) in [7, 11) is -1.43. The van der Waals surface area contributed by atoms with E-state index in [-0.39, 0.29) is 11.5 Å². The molecule has 108 valence electrons. The lowest BCUT2D eigenvalue weighted by atomic mass is 10.3. The van der Waals surface area contributed by atoms with E-state index in [2.05, 4.69) is 15.9 Å². The molecule has 0 aromatic heterocycles. The van der Waals surface area contributed by atoms with Gasteiger partial charge in [-0.1, -0.05) is 0 Å². The lowest BCUT2D eigenvalue weighted by molar-refractivity contribution is 0.435. The molecule has 0 amide bonds. The first-order chi connectivity index (χ1) is 10.0. The van der Waals surface area contributed by atoms with Crippen molar-refractivity contribution >= 4 is 26.7 Å². The molecule has 2 aromatic rings. The van der Waals surface area contributed by atoms with Crippen molar-refractivity contribution in [2.45, 2.75) is 4.90 Å². The van der Waals surface area contributed by atoms with Crippen molar-refractivity contribution in [3.8, 4) is 17.6 Å². The number of rotatable bonds is 4. The molecule has 0 fully saturated rings. The Morgan fingerprint density at radius 1 is 1.19 bits per heavy atom. The van der Waals surface area contributed by atoms with Gasteiger partial charge in [0.05, 0.1) is 21.3 Å². The second-order valence-electron chi connectivity index (χ2n) is 3.92. The highest BCUT2D eigenvalue weighted by Crippen LogP contribution is 2.32. The minimum atomic E-state index is -1.43. The van der Waals surface area contributed by atoms with E-state index in [0.29, 0.717) is 15.1 Å². The van der Waals surface area contributed by atoms with Crippen LogP contribution in [0.15, 0.2) is 45.8 Å². The summed E-state index contributed by atoms with van der Waals surface area (Å²) in [6.45, 7) is 0. The SMILES string of the molecule is N#CCS(=O)c1ccc(Oc2ccc(F)cc2F)c(Br)c1. The highest BCUT2D eigenvalue weighted by atomic mass is 79.9. The Bertz CT molecular complexity index is 746. The molecule has 2 aromatic carbocycles. The Kier molecular flexibility index (Phi) is 5.04. The summed E-state index contributed by atoms with van der Waals surface area (Å²) in [5.41, 5.74) is 0. The zero-order valence-corrected chi connectivity index (χ0v) is 12.9. The maximum atomic E-state index is 13.5. The first-order valence-electron chi connectivity index (χ1n) is 5.69. The average Bonchev–Trinajstić information content (AvgIpc) is 2.44. The van der Waals surface area contributed by atoms with Gasteiger partial charge in [0.25, 0.3) is 0 Å². The van der Waals surface area contributed by atoms with Crippen LogP contribution >= 0.6 is 15.9 Å². The zero-order chi connectivity index (χ0) is 15.4. The normalized spacial score (nSPS) is 11.7. The molecule has 21 heavy (non-hydrogen) atoms. The van der Waals surface area contributed by atoms with E-state index in [1.54, 1.807) is 0 Å². The van der Waals surface area contributed by atoms with Crippen LogP contribution in [0, 0.1) is 23.0 Å². The van der Waals surface area contributed by atoms with Gasteiger partial charge in [0.2, 0.25) is 0 Å². The molecule has 0 saturated heterocycles. The summed E-state index contributed by atoms with van der Waals surface area (Å²) in [6, 6.07) is 9.36. The largest absolute Gasteiger partial charge is 0.453 e. The third-order valence-electron chi connectivity index (χ3n) is 2.48. The smallest absolute Gasteiger partial charge is 0.168 e. The minimum Gasteiger partial charge on any atom is -0.453 e. The lowest BCUT2D eigenvalue weighted by Gasteiger charge is -2.09. The predicted molar refractivity (Wildman–Crippen MR) is 77.5 cm³/mol. The Balaban J connectivity index is 2.26. The minimum absolute atomic E-state index is 0.112. The predicted octanol–water partition coefficient (Wildman–Crippen LogP) is 4.15. The van der Waals surface area contributed by atoms with Crippen molar-refractivity contribution in [2.24, 2.45) is 0 Å². The Hall–Kier alpha value is -1.78. The summed E-state index contributed by atoms with van der Waals surface area (Å²) in [6.07, 6.45) is 0. The van der Waals surface area contributed by atoms with E-state index in [4.69, 9.17) is 10.00 Å². The molecule has 1 atom stereocenters. The van der Waals surface area contributed by atoms with E-state index in [9.17, 15) is 13.0 Å². The molecule has 0 aliphatic carbocycles. The maximum absolute atomic E-state index is 13.5. The van der Waals surface area contributed by atoms with Gasteiger partial charge in [-0.05, 0) is 46.3 Å². The van der Waals surface area contributed by atoms with Gasteiger partial charge in [0.1, 0.15) is 17.3 Å². The monoisotopic (exact) mass is 371 g/mol. The summed E-state index contributed by atoms with van der Waals surface area (Å²) < 4.78 is 43.8. The van der Waals surface area contributed by atoms with E-state index in [0.717, 1.165) is 12.1 Å². The van der Waals surface area contributed by atoms with Crippen LogP contribution < -0.4 is 4.74 Å². The van der Waals surface area contributed by atoms with E-state index < -0.39 is 22.4 Å². The molecule has 0 saturated carbocycles. The van der Waals surface area contributed by atoms with Crippen LogP contribution in [-0.2, 0) is 10.8 Å². The van der Waals surface area contributed by atoms with Gasteiger partial charge in [-0.2, -0.15) is 5.26 Å². The van der Waals surface area contributed by atoms with Crippen molar-refractivity contribution in [2.75, 3.05) is 5.75 Å². The van der Waals surface area contributed by atoms with Gasteiger partial charge < -0.3 is 4.74 Å². The highest BCUT2D eigenvalue weighted by molar-refractivity contribution is 9.10. The fraction of sp³-hybridized carbons (Fsp3) is 0.0714. The molecule has 3 nitrogen and oxygen atoms in total. The summed E-state index contributed by atoms with van der Waals surface area (Å²) >= 11 is 3.22. The number of ether oxygens (including phenoxy) is 1. The highest BCUT2D eigenvalue weighted by Gasteiger charge is 2.11. The van der Waals surface area contributed by atoms with Crippen LogP contribution in [0.2, 0.25) is 0 Å². The average molecular weight is 372 g/mol. The Morgan fingerprint density at radius 2 is 1.90 bits per heavy atom. The lowest BCUT2D eigenvalue weighted by Crippen LogP contribution is -1.96. The molecule has 2 rings (SSSR count). The molecule has 0 bridgehead atoms. The third kappa shape index (κ3) is 3.86. The standard InChI is InChI=1S/C14H8BrF2NO2S/c15-11-8-10(21(19)6-5-18)2-4-13(11)20-14-3-1-9(16)7-12(14)17/h1-4,7-8H,6H2. The van der Waals surface area contributed by atoms with Crippen LogP contribution in [0.25, 0.3) is 0 Å². The van der Waals surface area contributed by atoms with Crippen LogP contribution in [-0.4, -0.2) is 9.96 Å². The molecule has 0 spiro atoms. The van der Waals surface area contributed by atoms with Crippen LogP contribution in [0.3, 0.4) is 0 Å². The van der Waals surface area contributed by atoms with Crippen molar-refractivity contribution in [1.82, 2.24) is 0 Å². The summed E-state index contributed by atoms with van der Waals surface area (Å²) in [5, 5.41) is 8.52. The second-order valence-corrected chi connectivity index (χ2v) is 6.22. The molecule has 0 N–H and O–H groups in total. The van der Waals surface area contributed by atoms with Crippen LogP contribution in [0.4, 0.5) is 8.78 Å². The number of nitriles is 1. The van der Waals surface area contributed by atoms with Gasteiger partial charge >= 0.3 is 0 Å². The van der Waals surface area contributed by atoms with E-state index >= 15 is 0 Å². The first kappa shape index (κ1) is 15.6. The molecule has 0 radical (unpaired) electrons.